The molecule has 0 bridgehead atoms. The van der Waals surface area contributed by atoms with Crippen molar-refractivity contribution in [3.8, 4) is 5.75 Å². The van der Waals surface area contributed by atoms with Crippen LogP contribution in [0.4, 0.5) is 20.2 Å². The predicted molar refractivity (Wildman–Crippen MR) is 128 cm³/mol. The molecule has 5 rings (SSSR count). The van der Waals surface area contributed by atoms with Crippen molar-refractivity contribution in [2.24, 2.45) is 0 Å². The molecule has 1 fully saturated rings. The van der Waals surface area contributed by atoms with Crippen LogP contribution < -0.4 is 14.5 Å². The molecule has 0 saturated carbocycles. The van der Waals surface area contributed by atoms with Gasteiger partial charge >= 0.3 is 0 Å². The number of anilines is 2. The Kier molecular flexibility index (Phi) is 5.51. The number of rotatable bonds is 3. The van der Waals surface area contributed by atoms with Gasteiger partial charge < -0.3 is 14.7 Å². The maximum atomic E-state index is 14.1. The van der Waals surface area contributed by atoms with E-state index in [9.17, 15) is 23.5 Å². The van der Waals surface area contributed by atoms with Crippen molar-refractivity contribution in [1.82, 2.24) is 0 Å². The van der Waals surface area contributed by atoms with Crippen LogP contribution in [-0.4, -0.2) is 37.0 Å². The highest BCUT2D eigenvalue weighted by atomic mass is 19.2. The number of hydrogen-bond donors (Lipinski definition) is 1. The van der Waals surface area contributed by atoms with Gasteiger partial charge in [-0.3, -0.25) is 14.5 Å². The van der Waals surface area contributed by atoms with E-state index in [-0.39, 0.29) is 17.0 Å². The van der Waals surface area contributed by atoms with Gasteiger partial charge in [-0.15, -0.1) is 0 Å². The summed E-state index contributed by atoms with van der Waals surface area (Å²) in [5, 5.41) is 11.4. The minimum atomic E-state index is -1.15. The van der Waals surface area contributed by atoms with Crippen molar-refractivity contribution >= 4 is 28.8 Å². The van der Waals surface area contributed by atoms with Crippen molar-refractivity contribution in [1.29, 1.82) is 0 Å². The fourth-order valence-corrected chi connectivity index (χ4v) is 4.58. The molecular formula is C27H22F2N2O4. The van der Waals surface area contributed by atoms with Gasteiger partial charge in [-0.25, -0.2) is 8.78 Å². The zero-order chi connectivity index (χ0) is 24.9. The number of ether oxygens (including phenoxy) is 1. The zero-order valence-corrected chi connectivity index (χ0v) is 19.1. The first-order valence-electron chi connectivity index (χ1n) is 11.1. The number of likely N-dealkylation sites (N-methyl/N-ethyl adjacent to an activating group) is 1. The summed E-state index contributed by atoms with van der Waals surface area (Å²) in [6.45, 7) is 2.99. The average molecular weight is 476 g/mol. The summed E-state index contributed by atoms with van der Waals surface area (Å²) in [6.07, 6.45) is 0. The molecule has 6 nitrogen and oxygen atoms in total. The van der Waals surface area contributed by atoms with Gasteiger partial charge in [0.1, 0.15) is 18.1 Å². The lowest BCUT2D eigenvalue weighted by molar-refractivity contribution is -0.132. The number of hydrogen-bond acceptors (Lipinski definition) is 5. The number of carbonyl (C=O) groups excluding carboxylic acids is 2. The minimum Gasteiger partial charge on any atom is -0.507 e. The normalized spacial score (nSPS) is 19.0. The van der Waals surface area contributed by atoms with E-state index in [2.05, 4.69) is 0 Å². The molecule has 2 aliphatic rings. The number of aryl methyl sites for hydroxylation is 1. The Bertz CT molecular complexity index is 1400. The van der Waals surface area contributed by atoms with E-state index in [1.165, 1.54) is 6.07 Å². The largest absolute Gasteiger partial charge is 0.507 e. The molecule has 1 amide bonds. The first-order valence-corrected chi connectivity index (χ1v) is 11.1. The first-order chi connectivity index (χ1) is 16.8. The van der Waals surface area contributed by atoms with E-state index in [4.69, 9.17) is 4.74 Å². The molecule has 178 valence electrons. The van der Waals surface area contributed by atoms with Crippen LogP contribution >= 0.6 is 0 Å². The standard InChI is InChI=1S/C27H22F2N2O4/c1-15-5-3-4-6-18(15)24-23(25(32)16-7-10-22-21(13-16)30(2)11-12-35-22)26(33)27(34)31(24)17-8-9-19(28)20(29)14-17/h3-10,13-14,24,32H,11-12H2,1-2H3/b25-23+. The maximum absolute atomic E-state index is 14.1. The van der Waals surface area contributed by atoms with Gasteiger partial charge in [0.25, 0.3) is 11.7 Å². The molecule has 1 atom stereocenters. The highest BCUT2D eigenvalue weighted by Gasteiger charge is 2.47. The number of aliphatic hydroxyl groups is 1. The molecule has 8 heteroatoms. The summed E-state index contributed by atoms with van der Waals surface area (Å²) in [5.41, 5.74) is 2.30. The molecule has 3 aromatic rings. The van der Waals surface area contributed by atoms with Crippen molar-refractivity contribution in [3.63, 3.8) is 0 Å². The lowest BCUT2D eigenvalue weighted by atomic mass is 9.92. The average Bonchev–Trinajstić information content (AvgIpc) is 3.11. The third kappa shape index (κ3) is 3.71. The first kappa shape index (κ1) is 22.6. The van der Waals surface area contributed by atoms with Crippen LogP contribution in [-0.2, 0) is 9.59 Å². The van der Waals surface area contributed by atoms with Crippen LogP contribution in [0.25, 0.3) is 5.76 Å². The highest BCUT2D eigenvalue weighted by molar-refractivity contribution is 6.51. The summed E-state index contributed by atoms with van der Waals surface area (Å²) in [4.78, 5) is 29.6. The van der Waals surface area contributed by atoms with Crippen LogP contribution in [0, 0.1) is 18.6 Å². The third-order valence-electron chi connectivity index (χ3n) is 6.44. The SMILES string of the molecule is Cc1ccccc1C1/C(=C(\O)c2ccc3c(c2)N(C)CCO3)C(=O)C(=O)N1c1ccc(F)c(F)c1. The summed E-state index contributed by atoms with van der Waals surface area (Å²) >= 11 is 0. The van der Waals surface area contributed by atoms with Crippen LogP contribution in [0.1, 0.15) is 22.7 Å². The molecule has 3 aromatic carbocycles. The fourth-order valence-electron chi connectivity index (χ4n) is 4.58. The Hall–Kier alpha value is -4.20. The summed E-state index contributed by atoms with van der Waals surface area (Å²) in [6, 6.07) is 14.1. The molecule has 0 spiro atoms. The van der Waals surface area contributed by atoms with Crippen molar-refractivity contribution in [3.05, 3.63) is 94.6 Å². The maximum Gasteiger partial charge on any atom is 0.300 e. The number of fused-ring (bicyclic) bond motifs is 1. The minimum absolute atomic E-state index is 0.0110. The quantitative estimate of drug-likeness (QED) is 0.336. The molecule has 0 aliphatic carbocycles. The molecule has 0 radical (unpaired) electrons. The van der Waals surface area contributed by atoms with E-state index in [1.807, 2.05) is 31.0 Å². The Labute approximate surface area is 200 Å². The fraction of sp³-hybridized carbons (Fsp3) is 0.185. The Morgan fingerprint density at radius 3 is 2.54 bits per heavy atom. The highest BCUT2D eigenvalue weighted by Crippen LogP contribution is 2.44. The summed E-state index contributed by atoms with van der Waals surface area (Å²) in [5.74, 6) is -3.78. The van der Waals surface area contributed by atoms with Crippen LogP contribution in [0.2, 0.25) is 0 Å². The Balaban J connectivity index is 1.72. The van der Waals surface area contributed by atoms with Crippen LogP contribution in [0.3, 0.4) is 0 Å². The van der Waals surface area contributed by atoms with Crippen LogP contribution in [0.15, 0.2) is 66.2 Å². The topological polar surface area (TPSA) is 70.1 Å². The smallest absolute Gasteiger partial charge is 0.300 e. The number of carbonyl (C=O) groups is 2. The number of Topliss-reactive ketones (excluding diaryl/α,β-unsaturated/α-hetero) is 1. The predicted octanol–water partition coefficient (Wildman–Crippen LogP) is 4.73. The van der Waals surface area contributed by atoms with Gasteiger partial charge in [0.2, 0.25) is 0 Å². The molecule has 2 aliphatic heterocycles. The number of benzene rings is 3. The monoisotopic (exact) mass is 476 g/mol. The van der Waals surface area contributed by atoms with Crippen LogP contribution in [0.5, 0.6) is 5.75 Å². The molecule has 1 saturated heterocycles. The molecule has 1 unspecified atom stereocenters. The second-order valence-corrected chi connectivity index (χ2v) is 8.58. The van der Waals surface area contributed by atoms with Gasteiger partial charge in [-0.1, -0.05) is 24.3 Å². The van der Waals surface area contributed by atoms with Gasteiger partial charge in [-0.05, 0) is 48.4 Å². The number of ketones is 1. The number of halogens is 2. The van der Waals surface area contributed by atoms with Crippen molar-refractivity contribution < 1.29 is 28.2 Å². The molecule has 1 N–H and O–H groups in total. The van der Waals surface area contributed by atoms with E-state index in [0.717, 1.165) is 28.3 Å². The number of nitrogens with zero attached hydrogens (tertiary/aromatic N) is 2. The van der Waals surface area contributed by atoms with Crippen molar-refractivity contribution in [2.45, 2.75) is 13.0 Å². The second kappa shape index (κ2) is 8.54. The lowest BCUT2D eigenvalue weighted by Crippen LogP contribution is -2.30. The number of amides is 1. The van der Waals surface area contributed by atoms with Crippen molar-refractivity contribution in [2.75, 3.05) is 30.0 Å². The Morgan fingerprint density at radius 1 is 1.03 bits per heavy atom. The molecular weight excluding hydrogens is 454 g/mol. The molecule has 0 aromatic heterocycles. The second-order valence-electron chi connectivity index (χ2n) is 8.58. The van der Waals surface area contributed by atoms with Gasteiger partial charge in [0.15, 0.2) is 11.6 Å². The molecule has 2 heterocycles. The Morgan fingerprint density at radius 2 is 1.80 bits per heavy atom. The van der Waals surface area contributed by atoms with Gasteiger partial charge in [0.05, 0.1) is 23.8 Å². The van der Waals surface area contributed by atoms with E-state index < -0.39 is 29.4 Å². The van der Waals surface area contributed by atoms with E-state index in [0.29, 0.717) is 30.0 Å². The van der Waals surface area contributed by atoms with E-state index in [1.54, 1.807) is 30.3 Å². The van der Waals surface area contributed by atoms with E-state index >= 15 is 0 Å². The number of aliphatic hydroxyl groups excluding tert-OH is 1. The van der Waals surface area contributed by atoms with Gasteiger partial charge in [0, 0.05) is 24.4 Å². The van der Waals surface area contributed by atoms with Gasteiger partial charge in [-0.2, -0.15) is 0 Å². The molecule has 35 heavy (non-hydrogen) atoms. The lowest BCUT2D eigenvalue weighted by Gasteiger charge is -2.28. The summed E-state index contributed by atoms with van der Waals surface area (Å²) < 4.78 is 33.4. The summed E-state index contributed by atoms with van der Waals surface area (Å²) in [7, 11) is 1.89. The third-order valence-corrected chi connectivity index (χ3v) is 6.44. The zero-order valence-electron chi connectivity index (χ0n) is 19.1.